The van der Waals surface area contributed by atoms with Crippen molar-refractivity contribution in [2.75, 3.05) is 13.1 Å². The molecule has 3 nitrogen and oxygen atoms in total. The highest BCUT2D eigenvalue weighted by molar-refractivity contribution is 6.05. The molecule has 2 aromatic rings. The summed E-state index contributed by atoms with van der Waals surface area (Å²) in [5.74, 6) is 0.138. The van der Waals surface area contributed by atoms with Gasteiger partial charge in [0, 0.05) is 12.4 Å². The number of nitrogens with zero attached hydrogens (tertiary/aromatic N) is 2. The molecular formula is C27H28N2O. The zero-order valence-corrected chi connectivity index (χ0v) is 18.1. The second kappa shape index (κ2) is 7.64. The van der Waals surface area contributed by atoms with E-state index >= 15 is 0 Å². The number of dihydropyridines is 2. The molecule has 0 amide bonds. The Hall–Kier alpha value is -3.07. The maximum absolute atomic E-state index is 14.7. The number of Topliss-reactive ketones (excluding diaryl/α,β-unsaturated/α-hetero) is 1. The molecule has 0 bridgehead atoms. The first-order chi connectivity index (χ1) is 14.4. The molecule has 2 aliphatic rings. The summed E-state index contributed by atoms with van der Waals surface area (Å²) in [6.45, 7) is 9.22. The van der Waals surface area contributed by atoms with Crippen LogP contribution in [0.15, 0.2) is 70.7 Å². The number of hydrogen-bond donors (Lipinski definition) is 0. The summed E-state index contributed by atoms with van der Waals surface area (Å²) in [5, 5.41) is 0. The number of carbonyl (C=O) groups excluding carboxylic acids is 1. The summed E-state index contributed by atoms with van der Waals surface area (Å²) >= 11 is 0. The number of benzene rings is 2. The van der Waals surface area contributed by atoms with Gasteiger partial charge in [0.05, 0.1) is 23.9 Å². The summed E-state index contributed by atoms with van der Waals surface area (Å²) in [5.41, 5.74) is 5.08. The number of aryl methyl sites for hydroxylation is 2. The van der Waals surface area contributed by atoms with Crippen LogP contribution in [0.1, 0.15) is 33.4 Å². The highest BCUT2D eigenvalue weighted by atomic mass is 16.1. The van der Waals surface area contributed by atoms with E-state index < -0.39 is 10.8 Å². The van der Waals surface area contributed by atoms with Crippen LogP contribution in [-0.4, -0.2) is 31.3 Å². The molecule has 2 unspecified atom stereocenters. The smallest absolute Gasteiger partial charge is 0.165 e. The molecule has 0 saturated carbocycles. The van der Waals surface area contributed by atoms with Gasteiger partial charge in [-0.15, -0.1) is 0 Å². The van der Waals surface area contributed by atoms with Gasteiger partial charge in [0.15, 0.2) is 5.78 Å². The minimum atomic E-state index is -0.821. The lowest BCUT2D eigenvalue weighted by atomic mass is 9.61. The minimum absolute atomic E-state index is 0.138. The van der Waals surface area contributed by atoms with Crippen LogP contribution in [0.4, 0.5) is 0 Å². The van der Waals surface area contributed by atoms with Gasteiger partial charge in [0.25, 0.3) is 0 Å². The molecule has 0 fully saturated rings. The molecule has 0 aliphatic carbocycles. The predicted molar refractivity (Wildman–Crippen MR) is 125 cm³/mol. The number of aliphatic imine (C=N–C) groups is 2. The van der Waals surface area contributed by atoms with Crippen LogP contribution in [-0.2, 0) is 15.6 Å². The van der Waals surface area contributed by atoms with Crippen LogP contribution in [0.5, 0.6) is 0 Å². The third-order valence-corrected chi connectivity index (χ3v) is 6.81. The first kappa shape index (κ1) is 20.2. The van der Waals surface area contributed by atoms with E-state index in [0.29, 0.717) is 13.1 Å². The van der Waals surface area contributed by atoms with Crippen LogP contribution in [0.25, 0.3) is 0 Å². The van der Waals surface area contributed by atoms with Crippen LogP contribution in [0.2, 0.25) is 0 Å². The Kier molecular flexibility index (Phi) is 5.15. The standard InChI is InChI=1S/C27H28N2O/c1-19-9-5-11-23(21(19)3)26(13-7-15-28-17-26)25(30)27(14-8-16-29-18-27)24-12-6-10-20(2)22(24)4/h5-16H,17-18H2,1-4H3. The van der Waals surface area contributed by atoms with E-state index in [4.69, 9.17) is 0 Å². The Balaban J connectivity index is 1.98. The van der Waals surface area contributed by atoms with Gasteiger partial charge < -0.3 is 0 Å². The van der Waals surface area contributed by atoms with Crippen LogP contribution in [0, 0.1) is 27.7 Å². The Morgan fingerprint density at radius 2 is 1.17 bits per heavy atom. The molecule has 2 aromatic carbocycles. The lowest BCUT2D eigenvalue weighted by Crippen LogP contribution is -2.52. The highest BCUT2D eigenvalue weighted by Gasteiger charge is 2.51. The van der Waals surface area contributed by atoms with Gasteiger partial charge in [-0.1, -0.05) is 48.6 Å². The van der Waals surface area contributed by atoms with E-state index in [9.17, 15) is 4.79 Å². The van der Waals surface area contributed by atoms with Crippen molar-refractivity contribution in [2.45, 2.75) is 38.5 Å². The van der Waals surface area contributed by atoms with Crippen molar-refractivity contribution >= 4 is 18.2 Å². The second-order valence-electron chi connectivity index (χ2n) is 8.46. The Bertz CT molecular complexity index is 1030. The maximum atomic E-state index is 14.7. The van der Waals surface area contributed by atoms with Crippen molar-refractivity contribution in [2.24, 2.45) is 9.98 Å². The summed E-state index contributed by atoms with van der Waals surface area (Å²) in [4.78, 5) is 23.8. The third kappa shape index (κ3) is 3.00. The summed E-state index contributed by atoms with van der Waals surface area (Å²) in [6.07, 6.45) is 11.5. The van der Waals surface area contributed by atoms with Crippen LogP contribution in [0.3, 0.4) is 0 Å². The van der Waals surface area contributed by atoms with Crippen molar-refractivity contribution < 1.29 is 4.79 Å². The van der Waals surface area contributed by atoms with Gasteiger partial charge in [-0.2, -0.15) is 0 Å². The normalized spacial score (nSPS) is 24.9. The zero-order valence-electron chi connectivity index (χ0n) is 18.1. The van der Waals surface area contributed by atoms with Gasteiger partial charge in [-0.25, -0.2) is 0 Å². The maximum Gasteiger partial charge on any atom is 0.165 e. The number of rotatable bonds is 4. The second-order valence-corrected chi connectivity index (χ2v) is 8.46. The molecule has 2 heterocycles. The van der Waals surface area contributed by atoms with Crippen LogP contribution < -0.4 is 0 Å². The number of hydrogen-bond acceptors (Lipinski definition) is 3. The van der Waals surface area contributed by atoms with E-state index in [1.807, 2.05) is 36.4 Å². The van der Waals surface area contributed by atoms with E-state index in [1.54, 1.807) is 12.4 Å². The topological polar surface area (TPSA) is 41.8 Å². The monoisotopic (exact) mass is 396 g/mol. The average molecular weight is 397 g/mol. The number of allylic oxidation sites excluding steroid dienone is 2. The summed E-state index contributed by atoms with van der Waals surface area (Å²) in [7, 11) is 0. The first-order valence-electron chi connectivity index (χ1n) is 10.5. The molecule has 0 spiro atoms. The van der Waals surface area contributed by atoms with Crippen molar-refractivity contribution in [1.29, 1.82) is 0 Å². The van der Waals surface area contributed by atoms with E-state index in [1.165, 1.54) is 11.1 Å². The quantitative estimate of drug-likeness (QED) is 0.721. The van der Waals surface area contributed by atoms with Gasteiger partial charge >= 0.3 is 0 Å². The Morgan fingerprint density at radius 3 is 1.53 bits per heavy atom. The summed E-state index contributed by atoms with van der Waals surface area (Å²) < 4.78 is 0. The molecule has 2 atom stereocenters. The fourth-order valence-corrected chi connectivity index (χ4v) is 4.79. The summed E-state index contributed by atoms with van der Waals surface area (Å²) in [6, 6.07) is 12.4. The van der Waals surface area contributed by atoms with Gasteiger partial charge in [-0.05, 0) is 73.2 Å². The Morgan fingerprint density at radius 1 is 0.733 bits per heavy atom. The van der Waals surface area contributed by atoms with Crippen molar-refractivity contribution in [3.05, 3.63) is 94.1 Å². The lowest BCUT2D eigenvalue weighted by Gasteiger charge is -2.41. The fraction of sp³-hybridized carbons (Fsp3) is 0.296. The third-order valence-electron chi connectivity index (χ3n) is 6.81. The van der Waals surface area contributed by atoms with Gasteiger partial charge in [0.2, 0.25) is 0 Å². The predicted octanol–water partition coefficient (Wildman–Crippen LogP) is 4.95. The molecule has 152 valence electrons. The molecule has 0 aromatic heterocycles. The largest absolute Gasteiger partial charge is 0.297 e. The fourth-order valence-electron chi connectivity index (χ4n) is 4.79. The molecule has 0 saturated heterocycles. The molecule has 0 radical (unpaired) electrons. The van der Waals surface area contributed by atoms with Crippen LogP contribution >= 0.6 is 0 Å². The molecule has 30 heavy (non-hydrogen) atoms. The van der Waals surface area contributed by atoms with Crippen molar-refractivity contribution in [3.8, 4) is 0 Å². The van der Waals surface area contributed by atoms with E-state index in [2.05, 4.69) is 61.9 Å². The van der Waals surface area contributed by atoms with Gasteiger partial charge in [-0.3, -0.25) is 14.8 Å². The zero-order chi connectivity index (χ0) is 21.4. The molecule has 4 rings (SSSR count). The Labute approximate surface area is 179 Å². The number of carbonyl (C=O) groups is 1. The van der Waals surface area contributed by atoms with E-state index in [-0.39, 0.29) is 5.78 Å². The minimum Gasteiger partial charge on any atom is -0.297 e. The molecule has 0 N–H and O–H groups in total. The molecule has 2 aliphatic heterocycles. The highest BCUT2D eigenvalue weighted by Crippen LogP contribution is 2.43. The van der Waals surface area contributed by atoms with Gasteiger partial charge in [0.1, 0.15) is 0 Å². The van der Waals surface area contributed by atoms with Crippen molar-refractivity contribution in [3.63, 3.8) is 0 Å². The van der Waals surface area contributed by atoms with Crippen molar-refractivity contribution in [1.82, 2.24) is 0 Å². The first-order valence-corrected chi connectivity index (χ1v) is 10.5. The molecule has 3 heteroatoms. The number of ketones is 1. The molecular weight excluding hydrogens is 368 g/mol. The SMILES string of the molecule is Cc1cccc(C2(C(=O)C3(c4cccc(C)c4C)C=CC=NC3)C=CC=NC2)c1C. The lowest BCUT2D eigenvalue weighted by molar-refractivity contribution is -0.126. The van der Waals surface area contributed by atoms with E-state index in [0.717, 1.165) is 22.3 Å². The average Bonchev–Trinajstić information content (AvgIpc) is 2.78.